The molecule has 15 heavy (non-hydrogen) atoms. The number of para-hydroxylation sites is 1. The standard InChI is InChI=1S/C11H15N3S/c1-2-3-6-9-15-14-11-8-5-4-7-10(11)12-13-14/h4-5,7-8H,2-3,6,9H2,1H3. The molecule has 0 N–H and O–H groups in total. The van der Waals surface area contributed by atoms with E-state index in [1.54, 1.807) is 11.9 Å². The van der Waals surface area contributed by atoms with Crippen LogP contribution in [0, 0.1) is 0 Å². The van der Waals surface area contributed by atoms with Crippen LogP contribution in [0.15, 0.2) is 24.3 Å². The van der Waals surface area contributed by atoms with Crippen molar-refractivity contribution in [1.29, 1.82) is 0 Å². The maximum Gasteiger partial charge on any atom is 0.114 e. The van der Waals surface area contributed by atoms with Gasteiger partial charge in [0.1, 0.15) is 11.0 Å². The third-order valence-corrected chi connectivity index (χ3v) is 3.27. The molecule has 0 saturated heterocycles. The number of nitrogens with zero attached hydrogens (tertiary/aromatic N) is 3. The van der Waals surface area contributed by atoms with Crippen molar-refractivity contribution in [1.82, 2.24) is 14.4 Å². The van der Waals surface area contributed by atoms with Crippen LogP contribution in [-0.2, 0) is 0 Å². The van der Waals surface area contributed by atoms with Crippen molar-refractivity contribution in [2.45, 2.75) is 26.2 Å². The minimum absolute atomic E-state index is 0.973. The van der Waals surface area contributed by atoms with E-state index in [1.165, 1.54) is 19.3 Å². The summed E-state index contributed by atoms with van der Waals surface area (Å²) in [6, 6.07) is 8.06. The highest BCUT2D eigenvalue weighted by Crippen LogP contribution is 2.16. The van der Waals surface area contributed by atoms with Gasteiger partial charge in [-0.3, -0.25) is 0 Å². The zero-order valence-electron chi connectivity index (χ0n) is 8.89. The van der Waals surface area contributed by atoms with E-state index in [0.29, 0.717) is 0 Å². The molecular formula is C11H15N3S. The first-order valence-corrected chi connectivity index (χ1v) is 6.30. The molecule has 2 aromatic rings. The second-order valence-electron chi connectivity index (χ2n) is 3.49. The van der Waals surface area contributed by atoms with E-state index < -0.39 is 0 Å². The quantitative estimate of drug-likeness (QED) is 0.727. The van der Waals surface area contributed by atoms with E-state index in [-0.39, 0.29) is 0 Å². The lowest BCUT2D eigenvalue weighted by Crippen LogP contribution is -1.92. The monoisotopic (exact) mass is 221 g/mol. The number of fused-ring (bicyclic) bond motifs is 1. The third kappa shape index (κ3) is 2.50. The summed E-state index contributed by atoms with van der Waals surface area (Å²) in [5.74, 6) is 1.11. The molecule has 80 valence electrons. The minimum atomic E-state index is 0.973. The zero-order chi connectivity index (χ0) is 10.5. The van der Waals surface area contributed by atoms with Crippen LogP contribution in [-0.4, -0.2) is 20.2 Å². The molecule has 1 aromatic carbocycles. The molecule has 0 aliphatic rings. The van der Waals surface area contributed by atoms with Gasteiger partial charge in [-0.2, -0.15) is 4.09 Å². The van der Waals surface area contributed by atoms with E-state index in [2.05, 4.69) is 23.3 Å². The molecule has 4 heteroatoms. The van der Waals surface area contributed by atoms with E-state index in [0.717, 1.165) is 16.8 Å². The first kappa shape index (κ1) is 10.5. The molecule has 0 saturated carbocycles. The van der Waals surface area contributed by atoms with Crippen molar-refractivity contribution in [3.8, 4) is 0 Å². The van der Waals surface area contributed by atoms with Crippen LogP contribution in [0.4, 0.5) is 0 Å². The Morgan fingerprint density at radius 2 is 2.13 bits per heavy atom. The van der Waals surface area contributed by atoms with Crippen molar-refractivity contribution in [3.05, 3.63) is 24.3 Å². The van der Waals surface area contributed by atoms with Gasteiger partial charge in [-0.1, -0.05) is 37.1 Å². The van der Waals surface area contributed by atoms with Gasteiger partial charge in [0.2, 0.25) is 0 Å². The predicted octanol–water partition coefficient (Wildman–Crippen LogP) is 3.12. The lowest BCUT2D eigenvalue weighted by molar-refractivity contribution is 0.775. The Labute approximate surface area is 94.0 Å². The molecule has 3 nitrogen and oxygen atoms in total. The van der Waals surface area contributed by atoms with E-state index >= 15 is 0 Å². The first-order valence-electron chi connectivity index (χ1n) is 5.35. The van der Waals surface area contributed by atoms with Crippen LogP contribution in [0.1, 0.15) is 26.2 Å². The topological polar surface area (TPSA) is 30.7 Å². The van der Waals surface area contributed by atoms with Gasteiger partial charge in [-0.05, 0) is 30.5 Å². The number of hydrogen-bond acceptors (Lipinski definition) is 3. The van der Waals surface area contributed by atoms with Crippen LogP contribution in [0.3, 0.4) is 0 Å². The van der Waals surface area contributed by atoms with Crippen molar-refractivity contribution in [2.75, 3.05) is 5.75 Å². The number of unbranched alkanes of at least 4 members (excludes halogenated alkanes) is 2. The average molecular weight is 221 g/mol. The van der Waals surface area contributed by atoms with Gasteiger partial charge in [0, 0.05) is 5.75 Å². The highest BCUT2D eigenvalue weighted by molar-refractivity contribution is 7.97. The van der Waals surface area contributed by atoms with Crippen molar-refractivity contribution < 1.29 is 0 Å². The summed E-state index contributed by atoms with van der Waals surface area (Å²) in [6.45, 7) is 2.22. The molecule has 0 aliphatic carbocycles. The van der Waals surface area contributed by atoms with Gasteiger partial charge in [-0.25, -0.2) is 0 Å². The average Bonchev–Trinajstić information content (AvgIpc) is 2.68. The normalized spacial score (nSPS) is 11.0. The maximum atomic E-state index is 4.12. The number of hydrogen-bond donors (Lipinski definition) is 0. The zero-order valence-corrected chi connectivity index (χ0v) is 9.70. The van der Waals surface area contributed by atoms with Crippen LogP contribution >= 0.6 is 11.9 Å². The second kappa shape index (κ2) is 5.16. The van der Waals surface area contributed by atoms with Crippen molar-refractivity contribution in [3.63, 3.8) is 0 Å². The molecular weight excluding hydrogens is 206 g/mol. The van der Waals surface area contributed by atoms with Gasteiger partial charge < -0.3 is 0 Å². The Hall–Kier alpha value is -1.03. The molecule has 2 rings (SSSR count). The molecule has 0 amide bonds. The molecule has 0 radical (unpaired) electrons. The molecule has 0 atom stereocenters. The van der Waals surface area contributed by atoms with Gasteiger partial charge in [-0.15, -0.1) is 5.10 Å². The van der Waals surface area contributed by atoms with Crippen molar-refractivity contribution in [2.24, 2.45) is 0 Å². The summed E-state index contributed by atoms with van der Waals surface area (Å²) in [4.78, 5) is 0. The Morgan fingerprint density at radius 3 is 3.00 bits per heavy atom. The summed E-state index contributed by atoms with van der Waals surface area (Å²) in [5.41, 5.74) is 2.08. The van der Waals surface area contributed by atoms with E-state index in [4.69, 9.17) is 0 Å². The Balaban J connectivity index is 2.02. The number of benzene rings is 1. The van der Waals surface area contributed by atoms with Gasteiger partial charge in [0.05, 0.1) is 0 Å². The smallest absolute Gasteiger partial charge is 0.114 e. The molecule has 1 heterocycles. The molecule has 0 aliphatic heterocycles. The fraction of sp³-hybridized carbons (Fsp3) is 0.455. The highest BCUT2D eigenvalue weighted by atomic mass is 32.2. The maximum absolute atomic E-state index is 4.12. The SMILES string of the molecule is CCCCCSn1nnc2ccccc21. The van der Waals surface area contributed by atoms with E-state index in [9.17, 15) is 0 Å². The Kier molecular flexibility index (Phi) is 3.61. The molecule has 0 fully saturated rings. The van der Waals surface area contributed by atoms with Gasteiger partial charge in [0.25, 0.3) is 0 Å². The fourth-order valence-electron chi connectivity index (χ4n) is 1.45. The minimum Gasteiger partial charge on any atom is -0.186 e. The lowest BCUT2D eigenvalue weighted by atomic mass is 10.3. The Bertz CT molecular complexity index is 424. The number of rotatable bonds is 5. The first-order chi connectivity index (χ1) is 7.42. The van der Waals surface area contributed by atoms with Crippen LogP contribution in [0.25, 0.3) is 11.0 Å². The van der Waals surface area contributed by atoms with Gasteiger partial charge in [0.15, 0.2) is 0 Å². The highest BCUT2D eigenvalue weighted by Gasteiger charge is 2.02. The largest absolute Gasteiger partial charge is 0.186 e. The molecule has 0 unspecified atom stereocenters. The van der Waals surface area contributed by atoms with Crippen molar-refractivity contribution >= 4 is 23.0 Å². The summed E-state index contributed by atoms with van der Waals surface area (Å²) in [5, 5.41) is 8.23. The molecule has 0 bridgehead atoms. The lowest BCUT2D eigenvalue weighted by Gasteiger charge is -1.99. The van der Waals surface area contributed by atoms with Crippen LogP contribution in [0.2, 0.25) is 0 Å². The van der Waals surface area contributed by atoms with Gasteiger partial charge >= 0.3 is 0 Å². The summed E-state index contributed by atoms with van der Waals surface area (Å²) >= 11 is 1.74. The van der Waals surface area contributed by atoms with Crippen LogP contribution < -0.4 is 0 Å². The molecule has 1 aromatic heterocycles. The number of aromatic nitrogens is 3. The summed E-state index contributed by atoms with van der Waals surface area (Å²) in [6.07, 6.45) is 3.80. The van der Waals surface area contributed by atoms with Crippen LogP contribution in [0.5, 0.6) is 0 Å². The summed E-state index contributed by atoms with van der Waals surface area (Å²) < 4.78 is 1.92. The molecule has 0 spiro atoms. The fourth-order valence-corrected chi connectivity index (χ4v) is 2.33. The Morgan fingerprint density at radius 1 is 1.27 bits per heavy atom. The summed E-state index contributed by atoms with van der Waals surface area (Å²) in [7, 11) is 0. The second-order valence-corrected chi connectivity index (χ2v) is 4.50. The van der Waals surface area contributed by atoms with E-state index in [1.807, 2.05) is 22.3 Å². The third-order valence-electron chi connectivity index (χ3n) is 2.28. The predicted molar refractivity (Wildman–Crippen MR) is 64.9 cm³/mol.